The minimum absolute atomic E-state index is 0.0291. The Kier molecular flexibility index (Phi) is 5.50. The molecule has 1 heterocycles. The van der Waals surface area contributed by atoms with Gasteiger partial charge in [0.05, 0.1) is 5.56 Å². The number of ketones is 1. The third-order valence-corrected chi connectivity index (χ3v) is 4.25. The Morgan fingerprint density at radius 1 is 1.27 bits per heavy atom. The quantitative estimate of drug-likeness (QED) is 0.373. The zero-order chi connectivity index (χ0) is 18.7. The molecule has 1 unspecified atom stereocenters. The van der Waals surface area contributed by atoms with Crippen LogP contribution in [0.25, 0.3) is 11.1 Å². The van der Waals surface area contributed by atoms with Gasteiger partial charge in [0.1, 0.15) is 17.2 Å². The van der Waals surface area contributed by atoms with E-state index in [0.717, 1.165) is 12.1 Å². The molecule has 9 heteroatoms. The van der Waals surface area contributed by atoms with Crippen LogP contribution in [0.5, 0.6) is 0 Å². The number of rotatable bonds is 7. The SMILES string of the molecule is O=C(c1ccc2ocnc2c1)c1cc(F)cc(CCCNS(=O)O)c1F. The molecule has 26 heavy (non-hydrogen) atoms. The fraction of sp³-hybridized carbons (Fsp3) is 0.176. The van der Waals surface area contributed by atoms with Crippen LogP contribution in [-0.4, -0.2) is 26.1 Å². The molecule has 136 valence electrons. The van der Waals surface area contributed by atoms with Crippen LogP contribution in [-0.2, 0) is 17.7 Å². The molecule has 0 fully saturated rings. The topological polar surface area (TPSA) is 92.4 Å². The van der Waals surface area contributed by atoms with E-state index in [0.29, 0.717) is 17.5 Å². The standard InChI is InChI=1S/C17H14F2N2O4S/c18-12-6-10(2-1-5-21-26(23)24)16(19)13(8-12)17(22)11-3-4-15-14(7-11)20-9-25-15/h3-4,6-9,21H,1-2,5H2,(H,23,24). The third-order valence-electron chi connectivity index (χ3n) is 3.80. The fourth-order valence-electron chi connectivity index (χ4n) is 2.59. The molecule has 0 aliphatic carbocycles. The monoisotopic (exact) mass is 380 g/mol. The largest absolute Gasteiger partial charge is 0.443 e. The summed E-state index contributed by atoms with van der Waals surface area (Å²) in [6, 6.07) is 6.32. The van der Waals surface area contributed by atoms with Crippen molar-refractivity contribution in [3.63, 3.8) is 0 Å². The molecule has 3 aromatic rings. The van der Waals surface area contributed by atoms with Crippen LogP contribution < -0.4 is 4.72 Å². The predicted molar refractivity (Wildman–Crippen MR) is 90.9 cm³/mol. The molecule has 6 nitrogen and oxygen atoms in total. The summed E-state index contributed by atoms with van der Waals surface area (Å²) < 4.78 is 55.0. The Morgan fingerprint density at radius 2 is 2.08 bits per heavy atom. The van der Waals surface area contributed by atoms with Crippen LogP contribution in [0.15, 0.2) is 41.1 Å². The molecule has 0 aliphatic heterocycles. The van der Waals surface area contributed by atoms with Gasteiger partial charge in [-0.2, -0.15) is 0 Å². The van der Waals surface area contributed by atoms with Crippen LogP contribution in [0, 0.1) is 11.6 Å². The van der Waals surface area contributed by atoms with E-state index in [9.17, 15) is 17.8 Å². The van der Waals surface area contributed by atoms with E-state index in [1.807, 2.05) is 0 Å². The van der Waals surface area contributed by atoms with Crippen LogP contribution in [0.4, 0.5) is 8.78 Å². The number of hydrogen-bond donors (Lipinski definition) is 2. The fourth-order valence-corrected chi connectivity index (χ4v) is 2.90. The maximum absolute atomic E-state index is 14.7. The molecule has 0 saturated heterocycles. The van der Waals surface area contributed by atoms with Crippen LogP contribution >= 0.6 is 0 Å². The molecule has 0 spiro atoms. The molecule has 2 aromatic carbocycles. The molecular weight excluding hydrogens is 366 g/mol. The molecule has 0 radical (unpaired) electrons. The van der Waals surface area contributed by atoms with Crippen LogP contribution in [0.2, 0.25) is 0 Å². The maximum Gasteiger partial charge on any atom is 0.231 e. The van der Waals surface area contributed by atoms with Gasteiger partial charge in [-0.25, -0.2) is 22.7 Å². The Bertz CT molecular complexity index is 990. The van der Waals surface area contributed by atoms with Crippen molar-refractivity contribution in [3.05, 3.63) is 65.1 Å². The van der Waals surface area contributed by atoms with Crippen molar-refractivity contribution in [1.82, 2.24) is 9.71 Å². The Morgan fingerprint density at radius 3 is 2.85 bits per heavy atom. The molecule has 0 aliphatic rings. The minimum atomic E-state index is -2.16. The van der Waals surface area contributed by atoms with Gasteiger partial charge in [0.2, 0.25) is 11.3 Å². The molecule has 1 aromatic heterocycles. The number of aromatic nitrogens is 1. The summed E-state index contributed by atoms with van der Waals surface area (Å²) in [5.74, 6) is -2.20. The van der Waals surface area contributed by atoms with E-state index in [1.54, 1.807) is 0 Å². The van der Waals surface area contributed by atoms with Crippen LogP contribution in [0.3, 0.4) is 0 Å². The summed E-state index contributed by atoms with van der Waals surface area (Å²) in [5, 5.41) is 0. The summed E-state index contributed by atoms with van der Waals surface area (Å²) in [4.78, 5) is 16.5. The second kappa shape index (κ2) is 7.81. The zero-order valence-electron chi connectivity index (χ0n) is 13.4. The van der Waals surface area contributed by atoms with Crippen molar-refractivity contribution in [3.8, 4) is 0 Å². The van der Waals surface area contributed by atoms with E-state index in [-0.39, 0.29) is 29.7 Å². The lowest BCUT2D eigenvalue weighted by atomic mass is 9.98. The van der Waals surface area contributed by atoms with E-state index in [2.05, 4.69) is 9.71 Å². The van der Waals surface area contributed by atoms with Gasteiger partial charge in [-0.15, -0.1) is 0 Å². The second-order valence-electron chi connectivity index (χ2n) is 5.54. The van der Waals surface area contributed by atoms with E-state index >= 15 is 0 Å². The minimum Gasteiger partial charge on any atom is -0.443 e. The van der Waals surface area contributed by atoms with Crippen molar-refractivity contribution in [2.75, 3.05) is 6.54 Å². The van der Waals surface area contributed by atoms with Gasteiger partial charge in [0.15, 0.2) is 17.8 Å². The van der Waals surface area contributed by atoms with Gasteiger partial charge in [-0.3, -0.25) is 9.35 Å². The lowest BCUT2D eigenvalue weighted by Crippen LogP contribution is -2.18. The Hall–Kier alpha value is -2.49. The smallest absolute Gasteiger partial charge is 0.231 e. The number of oxazole rings is 1. The first kappa shape index (κ1) is 18.3. The number of nitrogens with zero attached hydrogens (tertiary/aromatic N) is 1. The van der Waals surface area contributed by atoms with Crippen LogP contribution in [0.1, 0.15) is 27.9 Å². The highest BCUT2D eigenvalue weighted by Crippen LogP contribution is 2.22. The number of nitrogens with one attached hydrogen (secondary N) is 1. The van der Waals surface area contributed by atoms with Crippen molar-refractivity contribution in [2.45, 2.75) is 12.8 Å². The molecule has 2 N–H and O–H groups in total. The van der Waals surface area contributed by atoms with Gasteiger partial charge < -0.3 is 4.42 Å². The summed E-state index contributed by atoms with van der Waals surface area (Å²) >= 11 is -2.16. The molecule has 0 bridgehead atoms. The summed E-state index contributed by atoms with van der Waals surface area (Å²) in [6.45, 7) is 0.144. The lowest BCUT2D eigenvalue weighted by molar-refractivity contribution is 0.103. The summed E-state index contributed by atoms with van der Waals surface area (Å²) in [5.41, 5.74) is 0.744. The van der Waals surface area contributed by atoms with Crippen molar-refractivity contribution in [1.29, 1.82) is 0 Å². The van der Waals surface area contributed by atoms with Crippen molar-refractivity contribution >= 4 is 28.1 Å². The average molecular weight is 380 g/mol. The van der Waals surface area contributed by atoms with Gasteiger partial charge in [-0.05, 0) is 48.7 Å². The average Bonchev–Trinajstić information content (AvgIpc) is 3.08. The Labute approximate surface area is 149 Å². The molecular formula is C17H14F2N2O4S. The van der Waals surface area contributed by atoms with E-state index < -0.39 is 28.7 Å². The van der Waals surface area contributed by atoms with Crippen molar-refractivity contribution < 1.29 is 26.8 Å². The number of carbonyl (C=O) groups excluding carboxylic acids is 1. The second-order valence-corrected chi connectivity index (χ2v) is 6.32. The molecule has 1 atom stereocenters. The van der Waals surface area contributed by atoms with Gasteiger partial charge >= 0.3 is 0 Å². The maximum atomic E-state index is 14.7. The predicted octanol–water partition coefficient (Wildman–Crippen LogP) is 3.00. The van der Waals surface area contributed by atoms with Crippen molar-refractivity contribution in [2.24, 2.45) is 0 Å². The first-order valence-electron chi connectivity index (χ1n) is 7.66. The summed E-state index contributed by atoms with van der Waals surface area (Å²) in [7, 11) is 0. The highest BCUT2D eigenvalue weighted by atomic mass is 32.2. The first-order chi connectivity index (χ1) is 12.5. The molecule has 3 rings (SSSR count). The highest BCUT2D eigenvalue weighted by Gasteiger charge is 2.19. The normalized spacial score (nSPS) is 12.4. The van der Waals surface area contributed by atoms with Gasteiger partial charge in [-0.1, -0.05) is 0 Å². The van der Waals surface area contributed by atoms with Gasteiger partial charge in [0.25, 0.3) is 0 Å². The number of aryl methyl sites for hydroxylation is 1. The van der Waals surface area contributed by atoms with Gasteiger partial charge in [0, 0.05) is 12.1 Å². The lowest BCUT2D eigenvalue weighted by Gasteiger charge is -2.09. The number of halogens is 2. The molecule has 0 saturated carbocycles. The number of benzene rings is 2. The highest BCUT2D eigenvalue weighted by molar-refractivity contribution is 7.77. The number of hydrogen-bond acceptors (Lipinski definition) is 4. The zero-order valence-corrected chi connectivity index (χ0v) is 14.2. The third kappa shape index (κ3) is 4.01. The number of carbonyl (C=O) groups is 1. The first-order valence-corrected chi connectivity index (χ1v) is 8.76. The van der Waals surface area contributed by atoms with E-state index in [1.165, 1.54) is 24.6 Å². The Balaban J connectivity index is 1.86. The number of fused-ring (bicyclic) bond motifs is 1. The summed E-state index contributed by atoms with van der Waals surface area (Å²) in [6.07, 6.45) is 1.63. The van der Waals surface area contributed by atoms with E-state index in [4.69, 9.17) is 8.97 Å². The molecule has 0 amide bonds.